The summed E-state index contributed by atoms with van der Waals surface area (Å²) in [7, 11) is 0. The third kappa shape index (κ3) is 4.39. The van der Waals surface area contributed by atoms with E-state index in [2.05, 4.69) is 5.32 Å². The molecule has 0 amide bonds. The van der Waals surface area contributed by atoms with Gasteiger partial charge in [-0.25, -0.2) is 0 Å². The maximum Gasteiger partial charge on any atom is 0.319 e. The average Bonchev–Trinajstić information content (AvgIpc) is 2.67. The van der Waals surface area contributed by atoms with Crippen LogP contribution in [0.5, 0.6) is 0 Å². The van der Waals surface area contributed by atoms with Gasteiger partial charge in [-0.15, -0.1) is 11.3 Å². The Bertz CT molecular complexity index is 259. The van der Waals surface area contributed by atoms with E-state index < -0.39 is 0 Å². The van der Waals surface area contributed by atoms with Gasteiger partial charge in [0.15, 0.2) is 0 Å². The van der Waals surface area contributed by atoms with Crippen LogP contribution in [0.3, 0.4) is 0 Å². The van der Waals surface area contributed by atoms with Crippen LogP contribution in [0.15, 0.2) is 17.5 Å². The van der Waals surface area contributed by atoms with Crippen LogP contribution >= 0.6 is 11.3 Å². The molecular weight excluding hydrogens is 198 g/mol. The molecule has 0 saturated carbocycles. The first kappa shape index (κ1) is 11.2. The van der Waals surface area contributed by atoms with Crippen LogP contribution in [-0.2, 0) is 16.0 Å². The summed E-state index contributed by atoms with van der Waals surface area (Å²) in [4.78, 5) is 12.3. The van der Waals surface area contributed by atoms with E-state index in [-0.39, 0.29) is 5.97 Å². The van der Waals surface area contributed by atoms with Crippen LogP contribution in [0.1, 0.15) is 11.8 Å². The SMILES string of the molecule is CCNCC(=O)OCCc1cccs1. The van der Waals surface area contributed by atoms with Gasteiger partial charge in [-0.05, 0) is 18.0 Å². The van der Waals surface area contributed by atoms with Crippen molar-refractivity contribution in [3.63, 3.8) is 0 Å². The average molecular weight is 213 g/mol. The number of nitrogens with one attached hydrogen (secondary N) is 1. The van der Waals surface area contributed by atoms with Crippen molar-refractivity contribution in [1.29, 1.82) is 0 Å². The topological polar surface area (TPSA) is 38.3 Å². The van der Waals surface area contributed by atoms with Crippen molar-refractivity contribution in [3.05, 3.63) is 22.4 Å². The number of hydrogen-bond donors (Lipinski definition) is 1. The Hall–Kier alpha value is -0.870. The normalized spacial score (nSPS) is 10.1. The number of hydrogen-bond acceptors (Lipinski definition) is 4. The largest absolute Gasteiger partial charge is 0.464 e. The standard InChI is InChI=1S/C10H15NO2S/c1-2-11-8-10(12)13-6-5-9-4-3-7-14-9/h3-4,7,11H,2,5-6,8H2,1H3. The van der Waals surface area contributed by atoms with Crippen molar-refractivity contribution in [2.45, 2.75) is 13.3 Å². The van der Waals surface area contributed by atoms with Crippen molar-refractivity contribution < 1.29 is 9.53 Å². The first-order valence-corrected chi connectivity index (χ1v) is 5.59. The predicted molar refractivity (Wildman–Crippen MR) is 57.5 cm³/mol. The Balaban J connectivity index is 2.06. The lowest BCUT2D eigenvalue weighted by atomic mass is 10.4. The van der Waals surface area contributed by atoms with Crippen molar-refractivity contribution in [2.24, 2.45) is 0 Å². The fourth-order valence-electron chi connectivity index (χ4n) is 0.998. The highest BCUT2D eigenvalue weighted by atomic mass is 32.1. The Morgan fingerprint density at radius 1 is 1.64 bits per heavy atom. The fourth-order valence-corrected chi connectivity index (χ4v) is 1.69. The molecule has 0 spiro atoms. The van der Waals surface area contributed by atoms with Gasteiger partial charge in [-0.2, -0.15) is 0 Å². The van der Waals surface area contributed by atoms with Crippen molar-refractivity contribution in [3.8, 4) is 0 Å². The quantitative estimate of drug-likeness (QED) is 0.727. The lowest BCUT2D eigenvalue weighted by Gasteiger charge is -2.03. The molecule has 3 nitrogen and oxygen atoms in total. The molecule has 0 fully saturated rings. The van der Waals surface area contributed by atoms with Gasteiger partial charge in [-0.1, -0.05) is 13.0 Å². The van der Waals surface area contributed by atoms with Crippen LogP contribution in [0.4, 0.5) is 0 Å². The number of esters is 1. The first-order valence-electron chi connectivity index (χ1n) is 4.71. The van der Waals surface area contributed by atoms with E-state index in [4.69, 9.17) is 4.74 Å². The predicted octanol–water partition coefficient (Wildman–Crippen LogP) is 1.44. The Kier molecular flexibility index (Phi) is 5.25. The number of carbonyl (C=O) groups is 1. The summed E-state index contributed by atoms with van der Waals surface area (Å²) in [6.45, 7) is 3.53. The molecule has 1 rings (SSSR count). The summed E-state index contributed by atoms with van der Waals surface area (Å²) in [6.07, 6.45) is 0.815. The minimum Gasteiger partial charge on any atom is -0.464 e. The smallest absolute Gasteiger partial charge is 0.319 e. The van der Waals surface area contributed by atoms with Crippen LogP contribution < -0.4 is 5.32 Å². The summed E-state index contributed by atoms with van der Waals surface area (Å²) in [5, 5.41) is 4.94. The number of ether oxygens (including phenoxy) is 1. The third-order valence-corrected chi connectivity index (χ3v) is 2.65. The molecule has 0 saturated heterocycles. The van der Waals surface area contributed by atoms with Gasteiger partial charge in [0.05, 0.1) is 13.2 Å². The molecule has 1 N–H and O–H groups in total. The molecule has 0 aromatic carbocycles. The summed E-state index contributed by atoms with van der Waals surface area (Å²) in [5.41, 5.74) is 0. The third-order valence-electron chi connectivity index (χ3n) is 1.71. The maximum atomic E-state index is 11.0. The highest BCUT2D eigenvalue weighted by Crippen LogP contribution is 2.08. The molecule has 0 atom stereocenters. The van der Waals surface area contributed by atoms with Gasteiger partial charge >= 0.3 is 5.97 Å². The molecule has 0 bridgehead atoms. The van der Waals surface area contributed by atoms with E-state index in [0.29, 0.717) is 13.2 Å². The molecule has 0 aliphatic carbocycles. The highest BCUT2D eigenvalue weighted by Gasteiger charge is 2.01. The van der Waals surface area contributed by atoms with E-state index in [0.717, 1.165) is 13.0 Å². The molecule has 78 valence electrons. The molecule has 4 heteroatoms. The summed E-state index contributed by atoms with van der Waals surface area (Å²) >= 11 is 1.69. The molecule has 1 aromatic rings. The van der Waals surface area contributed by atoms with Gasteiger partial charge < -0.3 is 10.1 Å². The Labute approximate surface area is 88.1 Å². The minimum atomic E-state index is -0.177. The second-order valence-corrected chi connectivity index (χ2v) is 3.86. The van der Waals surface area contributed by atoms with Gasteiger partial charge in [-0.3, -0.25) is 4.79 Å². The van der Waals surface area contributed by atoms with Crippen molar-refractivity contribution in [2.75, 3.05) is 19.7 Å². The van der Waals surface area contributed by atoms with Gasteiger partial charge in [0, 0.05) is 11.3 Å². The summed E-state index contributed by atoms with van der Waals surface area (Å²) in [6, 6.07) is 4.04. The second-order valence-electron chi connectivity index (χ2n) is 2.83. The molecule has 0 radical (unpaired) electrons. The van der Waals surface area contributed by atoms with Gasteiger partial charge in [0.2, 0.25) is 0 Å². The van der Waals surface area contributed by atoms with Crippen LogP contribution in [0.25, 0.3) is 0 Å². The molecule has 0 aliphatic rings. The van der Waals surface area contributed by atoms with Crippen molar-refractivity contribution >= 4 is 17.3 Å². The molecule has 0 aliphatic heterocycles. The molecule has 1 aromatic heterocycles. The molecular formula is C10H15NO2S. The van der Waals surface area contributed by atoms with E-state index in [1.165, 1.54) is 4.88 Å². The van der Waals surface area contributed by atoms with Gasteiger partial charge in [0.25, 0.3) is 0 Å². The molecule has 14 heavy (non-hydrogen) atoms. The van der Waals surface area contributed by atoms with Gasteiger partial charge in [0.1, 0.15) is 0 Å². The van der Waals surface area contributed by atoms with E-state index >= 15 is 0 Å². The van der Waals surface area contributed by atoms with E-state index in [9.17, 15) is 4.79 Å². The fraction of sp³-hybridized carbons (Fsp3) is 0.500. The highest BCUT2D eigenvalue weighted by molar-refractivity contribution is 7.09. The zero-order valence-electron chi connectivity index (χ0n) is 8.29. The minimum absolute atomic E-state index is 0.177. The lowest BCUT2D eigenvalue weighted by Crippen LogP contribution is -2.24. The zero-order chi connectivity index (χ0) is 10.2. The second kappa shape index (κ2) is 6.56. The Morgan fingerprint density at radius 3 is 3.14 bits per heavy atom. The van der Waals surface area contributed by atoms with E-state index in [1.807, 2.05) is 24.4 Å². The lowest BCUT2D eigenvalue weighted by molar-refractivity contribution is -0.142. The van der Waals surface area contributed by atoms with Crippen LogP contribution in [-0.4, -0.2) is 25.7 Å². The molecule has 1 heterocycles. The summed E-state index contributed by atoms with van der Waals surface area (Å²) in [5.74, 6) is -0.177. The van der Waals surface area contributed by atoms with Crippen LogP contribution in [0, 0.1) is 0 Å². The van der Waals surface area contributed by atoms with E-state index in [1.54, 1.807) is 11.3 Å². The van der Waals surface area contributed by atoms with Crippen LogP contribution in [0.2, 0.25) is 0 Å². The molecule has 0 unspecified atom stereocenters. The maximum absolute atomic E-state index is 11.0. The number of carbonyl (C=O) groups excluding carboxylic acids is 1. The number of likely N-dealkylation sites (N-methyl/N-ethyl adjacent to an activating group) is 1. The first-order chi connectivity index (χ1) is 6.83. The monoisotopic (exact) mass is 213 g/mol. The summed E-state index contributed by atoms with van der Waals surface area (Å²) < 4.78 is 5.02. The zero-order valence-corrected chi connectivity index (χ0v) is 9.10. The Morgan fingerprint density at radius 2 is 2.50 bits per heavy atom. The van der Waals surface area contributed by atoms with Crippen molar-refractivity contribution in [1.82, 2.24) is 5.32 Å². The number of thiophene rings is 1. The number of rotatable bonds is 6.